The van der Waals surface area contributed by atoms with Gasteiger partial charge in [-0.25, -0.2) is 9.97 Å². The van der Waals surface area contributed by atoms with Gasteiger partial charge in [-0.05, 0) is 50.9 Å². The number of amides is 1. The number of carbonyl (C=O) groups is 1. The molecule has 3 saturated heterocycles. The van der Waals surface area contributed by atoms with Crippen LogP contribution in [0.2, 0.25) is 0 Å². The minimum atomic E-state index is 0.250. The van der Waals surface area contributed by atoms with E-state index in [-0.39, 0.29) is 11.5 Å². The minimum absolute atomic E-state index is 0.250. The Bertz CT molecular complexity index is 694. The van der Waals surface area contributed by atoms with E-state index >= 15 is 0 Å². The summed E-state index contributed by atoms with van der Waals surface area (Å²) in [5, 5.41) is 0. The van der Waals surface area contributed by atoms with Crippen LogP contribution >= 0.6 is 0 Å². The molecule has 0 saturated carbocycles. The summed E-state index contributed by atoms with van der Waals surface area (Å²) in [6, 6.07) is 2.17. The highest BCUT2D eigenvalue weighted by atomic mass is 16.5. The van der Waals surface area contributed by atoms with Crippen molar-refractivity contribution in [3.8, 4) is 0 Å². The molecule has 0 aromatic carbocycles. The lowest BCUT2D eigenvalue weighted by Crippen LogP contribution is -2.53. The molecule has 1 atom stereocenters. The van der Waals surface area contributed by atoms with E-state index in [0.717, 1.165) is 95.1 Å². The molecule has 6 nitrogen and oxygen atoms in total. The first-order chi connectivity index (χ1) is 13.6. The van der Waals surface area contributed by atoms with E-state index in [4.69, 9.17) is 9.72 Å². The maximum absolute atomic E-state index is 12.5. The van der Waals surface area contributed by atoms with Crippen LogP contribution in [0.3, 0.4) is 0 Å². The number of piperidine rings is 2. The Morgan fingerprint density at radius 3 is 2.79 bits per heavy atom. The number of anilines is 1. The molecule has 1 unspecified atom stereocenters. The third-order valence-electron chi connectivity index (χ3n) is 6.73. The predicted octanol–water partition coefficient (Wildman–Crippen LogP) is 3.13. The van der Waals surface area contributed by atoms with Crippen LogP contribution in [0.4, 0.5) is 5.82 Å². The second-order valence-corrected chi connectivity index (χ2v) is 8.91. The van der Waals surface area contributed by atoms with Crippen LogP contribution in [0.1, 0.15) is 63.4 Å². The van der Waals surface area contributed by atoms with Crippen LogP contribution in [0.25, 0.3) is 0 Å². The van der Waals surface area contributed by atoms with Gasteiger partial charge in [0, 0.05) is 51.0 Å². The Kier molecular flexibility index (Phi) is 5.85. The normalized spacial score (nSPS) is 24.9. The highest BCUT2D eigenvalue weighted by Crippen LogP contribution is 2.41. The minimum Gasteiger partial charge on any atom is -0.376 e. The molecule has 4 heterocycles. The van der Waals surface area contributed by atoms with Gasteiger partial charge >= 0.3 is 0 Å². The van der Waals surface area contributed by atoms with Gasteiger partial charge in [-0.15, -0.1) is 0 Å². The van der Waals surface area contributed by atoms with Gasteiger partial charge in [0.2, 0.25) is 5.91 Å². The number of ether oxygens (including phenoxy) is 1. The molecule has 1 spiro atoms. The molecule has 154 valence electrons. The highest BCUT2D eigenvalue weighted by molar-refractivity contribution is 5.77. The lowest BCUT2D eigenvalue weighted by atomic mass is 9.72. The first-order valence-corrected chi connectivity index (χ1v) is 11.1. The van der Waals surface area contributed by atoms with Crippen molar-refractivity contribution < 1.29 is 9.53 Å². The van der Waals surface area contributed by atoms with E-state index in [1.165, 1.54) is 0 Å². The topological polar surface area (TPSA) is 58.6 Å². The number of rotatable bonds is 5. The fourth-order valence-corrected chi connectivity index (χ4v) is 5.08. The van der Waals surface area contributed by atoms with Gasteiger partial charge in [0.25, 0.3) is 0 Å². The maximum Gasteiger partial charge on any atom is 0.222 e. The predicted molar refractivity (Wildman–Crippen MR) is 109 cm³/mol. The Labute approximate surface area is 168 Å². The second-order valence-electron chi connectivity index (χ2n) is 8.91. The number of nitrogens with zero attached hydrogens (tertiary/aromatic N) is 4. The molecule has 6 heteroatoms. The molecule has 1 aromatic rings. The van der Waals surface area contributed by atoms with Gasteiger partial charge in [0.05, 0.1) is 6.10 Å². The van der Waals surface area contributed by atoms with Gasteiger partial charge in [-0.2, -0.15) is 0 Å². The summed E-state index contributed by atoms with van der Waals surface area (Å²) < 4.78 is 5.78. The van der Waals surface area contributed by atoms with E-state index in [2.05, 4.69) is 27.8 Å². The van der Waals surface area contributed by atoms with E-state index < -0.39 is 0 Å². The zero-order valence-electron chi connectivity index (χ0n) is 17.5. The standard InChI is InChI=1S/C22H34N4O2/c1-3-5-18-14-20(24-17(2)23-18)25-11-9-22(10-12-25)8-7-21(27)26(16-22)15-19-6-4-13-28-19/h14,19H,3-13,15-16H2,1-2H3. The Morgan fingerprint density at radius 2 is 2.07 bits per heavy atom. The molecule has 1 aromatic heterocycles. The van der Waals surface area contributed by atoms with E-state index in [0.29, 0.717) is 12.3 Å². The van der Waals surface area contributed by atoms with E-state index in [1.54, 1.807) is 0 Å². The van der Waals surface area contributed by atoms with Gasteiger partial charge in [-0.1, -0.05) is 13.3 Å². The van der Waals surface area contributed by atoms with E-state index in [1.807, 2.05) is 6.92 Å². The van der Waals surface area contributed by atoms with Crippen molar-refractivity contribution in [2.24, 2.45) is 5.41 Å². The van der Waals surface area contributed by atoms with Crippen LogP contribution in [-0.2, 0) is 16.0 Å². The van der Waals surface area contributed by atoms with Crippen molar-refractivity contribution in [1.82, 2.24) is 14.9 Å². The van der Waals surface area contributed by atoms with Gasteiger partial charge in [-0.3, -0.25) is 4.79 Å². The average molecular weight is 387 g/mol. The summed E-state index contributed by atoms with van der Waals surface area (Å²) >= 11 is 0. The Hall–Kier alpha value is -1.69. The van der Waals surface area contributed by atoms with E-state index in [9.17, 15) is 4.79 Å². The number of likely N-dealkylation sites (tertiary alicyclic amines) is 1. The van der Waals surface area contributed by atoms with Gasteiger partial charge < -0.3 is 14.5 Å². The zero-order valence-corrected chi connectivity index (χ0v) is 17.5. The molecule has 0 radical (unpaired) electrons. The first kappa shape index (κ1) is 19.6. The van der Waals surface area contributed by atoms with Crippen molar-refractivity contribution in [3.63, 3.8) is 0 Å². The molecule has 3 aliphatic heterocycles. The molecule has 1 amide bonds. The summed E-state index contributed by atoms with van der Waals surface area (Å²) in [6.45, 7) is 8.76. The summed E-state index contributed by atoms with van der Waals surface area (Å²) in [5.41, 5.74) is 1.42. The molecule has 4 rings (SSSR count). The van der Waals surface area contributed by atoms with Crippen LogP contribution in [0.15, 0.2) is 6.07 Å². The quantitative estimate of drug-likeness (QED) is 0.778. The molecule has 3 aliphatic rings. The third kappa shape index (κ3) is 4.32. The average Bonchev–Trinajstić information content (AvgIpc) is 3.18. The third-order valence-corrected chi connectivity index (χ3v) is 6.73. The summed E-state index contributed by atoms with van der Waals surface area (Å²) in [5.74, 6) is 2.26. The molecule has 28 heavy (non-hydrogen) atoms. The van der Waals surface area contributed by atoms with Crippen molar-refractivity contribution >= 4 is 11.7 Å². The fraction of sp³-hybridized carbons (Fsp3) is 0.773. The molecular formula is C22H34N4O2. The lowest BCUT2D eigenvalue weighted by molar-refractivity contribution is -0.140. The lowest BCUT2D eigenvalue weighted by Gasteiger charge is -2.48. The largest absolute Gasteiger partial charge is 0.376 e. The second kappa shape index (κ2) is 8.36. The summed E-state index contributed by atoms with van der Waals surface area (Å²) in [4.78, 5) is 26.3. The molecule has 0 aliphatic carbocycles. The van der Waals surface area contributed by atoms with Gasteiger partial charge in [0.15, 0.2) is 0 Å². The highest BCUT2D eigenvalue weighted by Gasteiger charge is 2.41. The number of carbonyl (C=O) groups excluding carboxylic acids is 1. The van der Waals surface area contributed by atoms with Crippen molar-refractivity contribution in [3.05, 3.63) is 17.6 Å². The number of aromatic nitrogens is 2. The van der Waals surface area contributed by atoms with Crippen LogP contribution in [-0.4, -0.2) is 59.7 Å². The fourth-order valence-electron chi connectivity index (χ4n) is 5.08. The van der Waals surface area contributed by atoms with Crippen molar-refractivity contribution in [2.45, 2.75) is 71.3 Å². The maximum atomic E-state index is 12.5. The first-order valence-electron chi connectivity index (χ1n) is 11.1. The molecule has 3 fully saturated rings. The SMILES string of the molecule is CCCc1cc(N2CCC3(CCC(=O)N(CC4CCCO4)C3)CC2)nc(C)n1. The van der Waals surface area contributed by atoms with Gasteiger partial charge in [0.1, 0.15) is 11.6 Å². The molecule has 0 N–H and O–H groups in total. The molecule has 0 bridgehead atoms. The summed E-state index contributed by atoms with van der Waals surface area (Å²) in [6.07, 6.45) is 8.58. The Balaban J connectivity index is 1.39. The van der Waals surface area contributed by atoms with Crippen molar-refractivity contribution in [2.75, 3.05) is 37.7 Å². The molecular weight excluding hydrogens is 352 g/mol. The summed E-state index contributed by atoms with van der Waals surface area (Å²) in [7, 11) is 0. The Morgan fingerprint density at radius 1 is 1.25 bits per heavy atom. The number of hydrogen-bond donors (Lipinski definition) is 0. The monoisotopic (exact) mass is 386 g/mol. The zero-order chi connectivity index (χ0) is 19.6. The smallest absolute Gasteiger partial charge is 0.222 e. The van der Waals surface area contributed by atoms with Crippen LogP contribution < -0.4 is 4.90 Å². The van der Waals surface area contributed by atoms with Crippen molar-refractivity contribution in [1.29, 1.82) is 0 Å². The van der Waals surface area contributed by atoms with Crippen LogP contribution in [0.5, 0.6) is 0 Å². The number of aryl methyl sites for hydroxylation is 2. The number of hydrogen-bond acceptors (Lipinski definition) is 5. The van der Waals surface area contributed by atoms with Crippen LogP contribution in [0, 0.1) is 12.3 Å².